The van der Waals surface area contributed by atoms with Crippen molar-refractivity contribution in [2.24, 2.45) is 5.92 Å². The quantitative estimate of drug-likeness (QED) is 0.850. The number of nitrogens with one attached hydrogen (secondary N) is 1. The standard InChI is InChI=1S/C14H20N2O4S/c1-16(2)21(18,19)10-12-8-20-9-13(12)15-14(17)11-6-4-3-5-7-11/h3-7,12-13H,8-10H2,1-2H3,(H,15,17)/t12-,13-/m0/s1. The molecule has 7 heteroatoms. The Morgan fingerprint density at radius 3 is 2.57 bits per heavy atom. The van der Waals surface area contributed by atoms with Crippen LogP contribution in [0.1, 0.15) is 10.4 Å². The van der Waals surface area contributed by atoms with E-state index in [9.17, 15) is 13.2 Å². The van der Waals surface area contributed by atoms with Crippen molar-refractivity contribution >= 4 is 15.9 Å². The smallest absolute Gasteiger partial charge is 0.251 e. The second-order valence-electron chi connectivity index (χ2n) is 5.30. The lowest BCUT2D eigenvalue weighted by atomic mass is 10.1. The lowest BCUT2D eigenvalue weighted by Crippen LogP contribution is -2.43. The van der Waals surface area contributed by atoms with Crippen molar-refractivity contribution in [3.8, 4) is 0 Å². The van der Waals surface area contributed by atoms with Crippen molar-refractivity contribution in [1.29, 1.82) is 0 Å². The van der Waals surface area contributed by atoms with E-state index in [1.807, 2.05) is 6.07 Å². The summed E-state index contributed by atoms with van der Waals surface area (Å²) in [4.78, 5) is 12.1. The highest BCUT2D eigenvalue weighted by Gasteiger charge is 2.34. The van der Waals surface area contributed by atoms with Crippen molar-refractivity contribution in [1.82, 2.24) is 9.62 Å². The molecule has 6 nitrogen and oxygen atoms in total. The summed E-state index contributed by atoms with van der Waals surface area (Å²) in [5.74, 6) is -0.469. The maximum absolute atomic E-state index is 12.1. The van der Waals surface area contributed by atoms with Crippen molar-refractivity contribution < 1.29 is 17.9 Å². The van der Waals surface area contributed by atoms with Crippen LogP contribution in [0.15, 0.2) is 30.3 Å². The van der Waals surface area contributed by atoms with Gasteiger partial charge in [0, 0.05) is 25.6 Å². The van der Waals surface area contributed by atoms with Gasteiger partial charge in [0.2, 0.25) is 10.0 Å². The van der Waals surface area contributed by atoms with Gasteiger partial charge in [-0.05, 0) is 12.1 Å². The first kappa shape index (κ1) is 15.9. The van der Waals surface area contributed by atoms with E-state index in [1.54, 1.807) is 24.3 Å². The maximum Gasteiger partial charge on any atom is 0.251 e. The molecule has 1 aliphatic rings. The zero-order valence-electron chi connectivity index (χ0n) is 12.2. The van der Waals surface area contributed by atoms with Crippen LogP contribution in [0.3, 0.4) is 0 Å². The largest absolute Gasteiger partial charge is 0.379 e. The fourth-order valence-corrected chi connectivity index (χ4v) is 3.35. The summed E-state index contributed by atoms with van der Waals surface area (Å²) in [5.41, 5.74) is 0.554. The first-order valence-electron chi connectivity index (χ1n) is 6.74. The number of benzene rings is 1. The van der Waals surface area contributed by atoms with E-state index in [-0.39, 0.29) is 23.6 Å². The maximum atomic E-state index is 12.1. The van der Waals surface area contributed by atoms with E-state index in [0.717, 1.165) is 0 Å². The zero-order valence-corrected chi connectivity index (χ0v) is 13.0. The van der Waals surface area contributed by atoms with Gasteiger partial charge in [0.05, 0.1) is 25.0 Å². The monoisotopic (exact) mass is 312 g/mol. The second kappa shape index (κ2) is 6.55. The summed E-state index contributed by atoms with van der Waals surface area (Å²) in [5, 5.41) is 2.86. The Morgan fingerprint density at radius 2 is 1.95 bits per heavy atom. The summed E-state index contributed by atoms with van der Waals surface area (Å²) in [6, 6.07) is 8.56. The van der Waals surface area contributed by atoms with E-state index in [0.29, 0.717) is 18.8 Å². The summed E-state index contributed by atoms with van der Waals surface area (Å²) in [6.45, 7) is 0.680. The molecule has 0 aromatic heterocycles. The van der Waals surface area contributed by atoms with Crippen molar-refractivity contribution in [3.05, 3.63) is 35.9 Å². The fourth-order valence-electron chi connectivity index (χ4n) is 2.18. The van der Waals surface area contributed by atoms with E-state index in [1.165, 1.54) is 18.4 Å². The molecule has 0 unspecified atom stereocenters. The molecule has 1 saturated heterocycles. The van der Waals surface area contributed by atoms with E-state index in [4.69, 9.17) is 4.74 Å². The molecule has 0 aliphatic carbocycles. The third kappa shape index (κ3) is 4.03. The number of carbonyl (C=O) groups excluding carboxylic acids is 1. The third-order valence-electron chi connectivity index (χ3n) is 3.53. The first-order valence-corrected chi connectivity index (χ1v) is 8.35. The average Bonchev–Trinajstić information content (AvgIpc) is 2.86. The minimum absolute atomic E-state index is 0.0280. The third-order valence-corrected chi connectivity index (χ3v) is 5.49. The van der Waals surface area contributed by atoms with Crippen LogP contribution in [0.25, 0.3) is 0 Å². The number of nitrogens with zero attached hydrogens (tertiary/aromatic N) is 1. The van der Waals surface area contributed by atoms with Gasteiger partial charge in [-0.2, -0.15) is 0 Å². The fraction of sp³-hybridized carbons (Fsp3) is 0.500. The van der Waals surface area contributed by atoms with Gasteiger partial charge in [0.25, 0.3) is 5.91 Å². The average molecular weight is 312 g/mol. The highest BCUT2D eigenvalue weighted by molar-refractivity contribution is 7.89. The van der Waals surface area contributed by atoms with Gasteiger partial charge in [0.15, 0.2) is 0 Å². The topological polar surface area (TPSA) is 75.7 Å². The van der Waals surface area contributed by atoms with E-state index in [2.05, 4.69) is 5.32 Å². The van der Waals surface area contributed by atoms with Crippen LogP contribution in [0.4, 0.5) is 0 Å². The number of carbonyl (C=O) groups is 1. The van der Waals surface area contributed by atoms with Gasteiger partial charge in [-0.15, -0.1) is 0 Å². The zero-order chi connectivity index (χ0) is 15.5. The molecule has 0 radical (unpaired) electrons. The molecule has 1 fully saturated rings. The molecule has 1 aliphatic heterocycles. The van der Waals surface area contributed by atoms with E-state index < -0.39 is 10.0 Å². The summed E-state index contributed by atoms with van der Waals surface area (Å²) in [7, 11) is -0.308. The molecule has 0 spiro atoms. The van der Waals surface area contributed by atoms with Gasteiger partial charge in [-0.1, -0.05) is 18.2 Å². The number of ether oxygens (including phenoxy) is 1. The number of sulfonamides is 1. The molecule has 1 heterocycles. The second-order valence-corrected chi connectivity index (χ2v) is 7.53. The number of hydrogen-bond donors (Lipinski definition) is 1. The SMILES string of the molecule is CN(C)S(=O)(=O)C[C@@H]1COC[C@@H]1NC(=O)c1ccccc1. The number of hydrogen-bond acceptors (Lipinski definition) is 4. The highest BCUT2D eigenvalue weighted by atomic mass is 32.2. The summed E-state index contributed by atoms with van der Waals surface area (Å²) >= 11 is 0. The lowest BCUT2D eigenvalue weighted by Gasteiger charge is -2.21. The Bertz CT molecular complexity index is 586. The van der Waals surface area contributed by atoms with Crippen LogP contribution in [0.2, 0.25) is 0 Å². The summed E-state index contributed by atoms with van der Waals surface area (Å²) < 4.78 is 30.4. The van der Waals surface area contributed by atoms with Crippen molar-refractivity contribution in [3.63, 3.8) is 0 Å². The number of amides is 1. The van der Waals surface area contributed by atoms with Crippen LogP contribution in [0.5, 0.6) is 0 Å². The van der Waals surface area contributed by atoms with Crippen LogP contribution < -0.4 is 5.32 Å². The Morgan fingerprint density at radius 1 is 1.29 bits per heavy atom. The minimum atomic E-state index is -3.31. The molecule has 2 rings (SSSR count). The molecule has 116 valence electrons. The molecule has 21 heavy (non-hydrogen) atoms. The summed E-state index contributed by atoms with van der Waals surface area (Å²) in [6.07, 6.45) is 0. The Hall–Kier alpha value is -1.44. The molecule has 1 N–H and O–H groups in total. The lowest BCUT2D eigenvalue weighted by molar-refractivity contribution is 0.0926. The number of rotatable bonds is 5. The van der Waals surface area contributed by atoms with Gasteiger partial charge in [-0.3, -0.25) is 4.79 Å². The molecule has 2 atom stereocenters. The van der Waals surface area contributed by atoms with Crippen molar-refractivity contribution in [2.75, 3.05) is 33.1 Å². The van der Waals surface area contributed by atoms with Crippen LogP contribution in [-0.2, 0) is 14.8 Å². The Labute approximate surface area is 125 Å². The molecule has 1 aromatic carbocycles. The van der Waals surface area contributed by atoms with Gasteiger partial charge < -0.3 is 10.1 Å². The van der Waals surface area contributed by atoms with Crippen molar-refractivity contribution in [2.45, 2.75) is 6.04 Å². The molecule has 0 saturated carbocycles. The van der Waals surface area contributed by atoms with Crippen LogP contribution >= 0.6 is 0 Å². The Balaban J connectivity index is 2.01. The first-order chi connectivity index (χ1) is 9.90. The molecular weight excluding hydrogens is 292 g/mol. The van der Waals surface area contributed by atoms with E-state index >= 15 is 0 Å². The minimum Gasteiger partial charge on any atom is -0.379 e. The van der Waals surface area contributed by atoms with Crippen LogP contribution in [-0.4, -0.2) is 57.7 Å². The predicted octanol–water partition coefficient (Wildman–Crippen LogP) is 0.323. The molecule has 1 amide bonds. The predicted molar refractivity (Wildman–Crippen MR) is 79.5 cm³/mol. The van der Waals surface area contributed by atoms with Gasteiger partial charge in [0.1, 0.15) is 0 Å². The van der Waals surface area contributed by atoms with Crippen LogP contribution in [0, 0.1) is 5.92 Å². The molecule has 0 bridgehead atoms. The highest BCUT2D eigenvalue weighted by Crippen LogP contribution is 2.17. The molecular formula is C14H20N2O4S. The molecule has 1 aromatic rings. The van der Waals surface area contributed by atoms with Gasteiger partial charge >= 0.3 is 0 Å². The normalized spacial score (nSPS) is 22.4. The van der Waals surface area contributed by atoms with Gasteiger partial charge in [-0.25, -0.2) is 12.7 Å². The Kier molecular flexibility index (Phi) is 4.97.